The van der Waals surface area contributed by atoms with E-state index in [0.717, 1.165) is 36.7 Å². The van der Waals surface area contributed by atoms with Crippen LogP contribution in [0.4, 0.5) is 15.8 Å². The van der Waals surface area contributed by atoms with Crippen LogP contribution in [0.3, 0.4) is 0 Å². The van der Waals surface area contributed by atoms with E-state index in [2.05, 4.69) is 33.0 Å². The first-order valence-electron chi connectivity index (χ1n) is 7.26. The summed E-state index contributed by atoms with van der Waals surface area (Å²) in [6.45, 7) is 2.50. The van der Waals surface area contributed by atoms with E-state index in [0.29, 0.717) is 6.54 Å². The molecule has 0 aromatic heterocycles. The number of guanidine groups is 1. The molecule has 2 aliphatic heterocycles. The van der Waals surface area contributed by atoms with E-state index in [1.165, 1.54) is 11.8 Å². The van der Waals surface area contributed by atoms with Crippen LogP contribution in [0, 0.1) is 5.82 Å². The van der Waals surface area contributed by atoms with E-state index in [4.69, 9.17) is 0 Å². The van der Waals surface area contributed by atoms with Gasteiger partial charge in [-0.2, -0.15) is 0 Å². The van der Waals surface area contributed by atoms with Crippen LogP contribution < -0.4 is 9.80 Å². The number of rotatable bonds is 2. The quantitative estimate of drug-likeness (QED) is 0.840. The molecule has 21 heavy (non-hydrogen) atoms. The van der Waals surface area contributed by atoms with E-state index in [-0.39, 0.29) is 5.82 Å². The maximum atomic E-state index is 13.4. The molecule has 0 radical (unpaired) electrons. The Kier molecular flexibility index (Phi) is 2.88. The highest BCUT2D eigenvalue weighted by molar-refractivity contribution is 6.16. The van der Waals surface area contributed by atoms with Crippen LogP contribution in [-0.4, -0.2) is 19.0 Å². The third-order valence-electron chi connectivity index (χ3n) is 3.97. The summed E-state index contributed by atoms with van der Waals surface area (Å²) in [6.07, 6.45) is 1.08. The molecule has 0 saturated heterocycles. The molecular weight excluding hydrogens is 265 g/mol. The first-order chi connectivity index (χ1) is 10.3. The molecule has 0 spiro atoms. The van der Waals surface area contributed by atoms with Crippen molar-refractivity contribution in [1.29, 1.82) is 0 Å². The van der Waals surface area contributed by atoms with Crippen LogP contribution in [0.5, 0.6) is 0 Å². The molecule has 0 fully saturated rings. The van der Waals surface area contributed by atoms with Crippen LogP contribution in [0.15, 0.2) is 53.5 Å². The number of hydrogen-bond donors (Lipinski definition) is 0. The first kappa shape index (κ1) is 12.4. The molecule has 106 valence electrons. The summed E-state index contributed by atoms with van der Waals surface area (Å²) < 4.78 is 13.4. The fraction of sp³-hybridized carbons (Fsp3) is 0.235. The van der Waals surface area contributed by atoms with Gasteiger partial charge in [-0.05, 0) is 36.2 Å². The Bertz CT molecular complexity index is 711. The molecule has 4 rings (SSSR count). The van der Waals surface area contributed by atoms with Crippen LogP contribution >= 0.6 is 0 Å². The predicted octanol–water partition coefficient (Wildman–Crippen LogP) is 3.41. The van der Waals surface area contributed by atoms with Crippen LogP contribution in [0.2, 0.25) is 0 Å². The Morgan fingerprint density at radius 1 is 1.05 bits per heavy atom. The number of nitrogens with zero attached hydrogens (tertiary/aromatic N) is 3. The fourth-order valence-corrected chi connectivity index (χ4v) is 3.05. The Morgan fingerprint density at radius 2 is 1.90 bits per heavy atom. The lowest BCUT2D eigenvalue weighted by Crippen LogP contribution is -2.41. The van der Waals surface area contributed by atoms with Gasteiger partial charge in [0.15, 0.2) is 0 Å². The summed E-state index contributed by atoms with van der Waals surface area (Å²) in [5, 5.41) is 0. The van der Waals surface area contributed by atoms with E-state index in [1.54, 1.807) is 12.1 Å². The van der Waals surface area contributed by atoms with Crippen LogP contribution in [0.25, 0.3) is 0 Å². The third kappa shape index (κ3) is 2.07. The number of halogens is 1. The molecule has 0 unspecified atom stereocenters. The fourth-order valence-electron chi connectivity index (χ4n) is 3.05. The minimum Gasteiger partial charge on any atom is -0.310 e. The summed E-state index contributed by atoms with van der Waals surface area (Å²) in [4.78, 5) is 9.13. The lowest BCUT2D eigenvalue weighted by Gasteiger charge is -2.26. The summed E-state index contributed by atoms with van der Waals surface area (Å²) in [7, 11) is 0. The minimum atomic E-state index is -0.192. The Labute approximate surface area is 123 Å². The molecule has 2 aromatic rings. The molecule has 0 bridgehead atoms. The third-order valence-corrected chi connectivity index (χ3v) is 3.97. The predicted molar refractivity (Wildman–Crippen MR) is 83.3 cm³/mol. The Morgan fingerprint density at radius 3 is 2.76 bits per heavy atom. The number of aliphatic imine (C=N–C) groups is 1. The first-order valence-corrected chi connectivity index (χ1v) is 7.26. The van der Waals surface area contributed by atoms with Crippen molar-refractivity contribution in [3.63, 3.8) is 0 Å². The molecule has 0 aliphatic carbocycles. The number of fused-ring (bicyclic) bond motifs is 3. The molecule has 0 atom stereocenters. The molecular formula is C17H16FN3. The van der Waals surface area contributed by atoms with Gasteiger partial charge in [-0.25, -0.2) is 4.39 Å². The molecule has 2 aromatic carbocycles. The lowest BCUT2D eigenvalue weighted by atomic mass is 10.2. The SMILES string of the molecule is Fc1cccc(CN2C3=NCCCN3c3ccccc32)c1. The topological polar surface area (TPSA) is 18.8 Å². The van der Waals surface area contributed by atoms with Gasteiger partial charge in [0, 0.05) is 13.1 Å². The van der Waals surface area contributed by atoms with Crippen LogP contribution in [0.1, 0.15) is 12.0 Å². The average Bonchev–Trinajstić information content (AvgIpc) is 2.83. The zero-order valence-corrected chi connectivity index (χ0v) is 11.7. The van der Waals surface area contributed by atoms with E-state index >= 15 is 0 Å². The standard InChI is InChI=1S/C17H16FN3/c18-14-6-3-5-13(11-14)12-21-16-8-2-1-7-15(16)20-10-4-9-19-17(20)21/h1-3,5-8,11H,4,9-10,12H2. The highest BCUT2D eigenvalue weighted by Gasteiger charge is 2.33. The summed E-state index contributed by atoms with van der Waals surface area (Å²) in [5.74, 6) is 0.800. The zero-order valence-electron chi connectivity index (χ0n) is 11.7. The van der Waals surface area contributed by atoms with Crippen molar-refractivity contribution in [2.45, 2.75) is 13.0 Å². The number of benzene rings is 2. The summed E-state index contributed by atoms with van der Waals surface area (Å²) >= 11 is 0. The van der Waals surface area contributed by atoms with Crippen molar-refractivity contribution in [2.24, 2.45) is 4.99 Å². The van der Waals surface area contributed by atoms with Crippen molar-refractivity contribution in [1.82, 2.24) is 0 Å². The molecule has 0 N–H and O–H groups in total. The zero-order chi connectivity index (χ0) is 14.2. The average molecular weight is 281 g/mol. The maximum absolute atomic E-state index is 13.4. The van der Waals surface area contributed by atoms with Gasteiger partial charge in [0.2, 0.25) is 5.96 Å². The van der Waals surface area contributed by atoms with Gasteiger partial charge in [0.25, 0.3) is 0 Å². The lowest BCUT2D eigenvalue weighted by molar-refractivity contribution is 0.625. The van der Waals surface area contributed by atoms with E-state index in [1.807, 2.05) is 12.1 Å². The monoisotopic (exact) mass is 281 g/mol. The highest BCUT2D eigenvalue weighted by atomic mass is 19.1. The second-order valence-corrected chi connectivity index (χ2v) is 5.39. The second-order valence-electron chi connectivity index (χ2n) is 5.39. The summed E-state index contributed by atoms with van der Waals surface area (Å²) in [5.41, 5.74) is 3.31. The maximum Gasteiger partial charge on any atom is 0.206 e. The molecule has 4 heteroatoms. The van der Waals surface area contributed by atoms with Gasteiger partial charge in [-0.15, -0.1) is 0 Å². The van der Waals surface area contributed by atoms with Gasteiger partial charge in [0.1, 0.15) is 5.82 Å². The van der Waals surface area contributed by atoms with Crippen molar-refractivity contribution < 1.29 is 4.39 Å². The number of para-hydroxylation sites is 2. The van der Waals surface area contributed by atoms with E-state index in [9.17, 15) is 4.39 Å². The largest absolute Gasteiger partial charge is 0.310 e. The second kappa shape index (κ2) is 4.88. The van der Waals surface area contributed by atoms with Crippen molar-refractivity contribution >= 4 is 17.3 Å². The number of anilines is 2. The van der Waals surface area contributed by atoms with Gasteiger partial charge in [0.05, 0.1) is 17.9 Å². The van der Waals surface area contributed by atoms with Crippen molar-refractivity contribution in [3.8, 4) is 0 Å². The smallest absolute Gasteiger partial charge is 0.206 e. The molecule has 0 amide bonds. The van der Waals surface area contributed by atoms with Gasteiger partial charge in [-0.3, -0.25) is 4.99 Å². The van der Waals surface area contributed by atoms with Crippen molar-refractivity contribution in [3.05, 3.63) is 59.9 Å². The highest BCUT2D eigenvalue weighted by Crippen LogP contribution is 2.39. The van der Waals surface area contributed by atoms with Gasteiger partial charge in [-0.1, -0.05) is 24.3 Å². The Hall–Kier alpha value is -2.36. The molecule has 2 heterocycles. The number of hydrogen-bond acceptors (Lipinski definition) is 3. The summed E-state index contributed by atoms with van der Waals surface area (Å²) in [6, 6.07) is 15.1. The van der Waals surface area contributed by atoms with Gasteiger partial charge < -0.3 is 9.80 Å². The minimum absolute atomic E-state index is 0.192. The van der Waals surface area contributed by atoms with Crippen molar-refractivity contribution in [2.75, 3.05) is 22.9 Å². The van der Waals surface area contributed by atoms with Gasteiger partial charge >= 0.3 is 0 Å². The normalized spacial score (nSPS) is 16.5. The molecule has 2 aliphatic rings. The van der Waals surface area contributed by atoms with E-state index < -0.39 is 0 Å². The molecule has 3 nitrogen and oxygen atoms in total. The molecule has 0 saturated carbocycles. The Balaban J connectivity index is 1.75. The van der Waals surface area contributed by atoms with Crippen LogP contribution in [-0.2, 0) is 6.54 Å².